The Labute approximate surface area is 132 Å². The average Bonchev–Trinajstić information content (AvgIpc) is 2.45. The third kappa shape index (κ3) is 4.54. The lowest BCUT2D eigenvalue weighted by Crippen LogP contribution is -2.44. The zero-order valence-electron chi connectivity index (χ0n) is 11.9. The molecule has 1 saturated heterocycles. The predicted octanol–water partition coefficient (Wildman–Crippen LogP) is 1.64. The number of methoxy groups -OCH3 is 1. The molecule has 5 nitrogen and oxygen atoms in total. The maximum absolute atomic E-state index is 11.6. The molecule has 1 unspecified atom stereocenters. The van der Waals surface area contributed by atoms with Crippen LogP contribution in [-0.2, 0) is 16.0 Å². The van der Waals surface area contributed by atoms with E-state index in [1.165, 1.54) is 0 Å². The molecule has 0 aliphatic carbocycles. The Kier molecular flexibility index (Phi) is 5.76. The summed E-state index contributed by atoms with van der Waals surface area (Å²) in [6.07, 6.45) is 1.87. The normalized spacial score (nSPS) is 18.5. The molecule has 1 aromatic rings. The maximum Gasteiger partial charge on any atom is 0.230 e. The van der Waals surface area contributed by atoms with E-state index >= 15 is 0 Å². The quantitative estimate of drug-likeness (QED) is 0.602. The predicted molar refractivity (Wildman–Crippen MR) is 83.1 cm³/mol. The number of ether oxygens (including phenoxy) is 1. The van der Waals surface area contributed by atoms with Crippen molar-refractivity contribution in [1.29, 1.82) is 0 Å². The Hall–Kier alpha value is -1.40. The fourth-order valence-corrected chi connectivity index (χ4v) is 2.78. The number of piperidine rings is 1. The molecule has 21 heavy (non-hydrogen) atoms. The van der Waals surface area contributed by atoms with Crippen molar-refractivity contribution in [1.82, 2.24) is 10.6 Å². The number of carbonyl (C=O) groups excluding carboxylic acids is 2. The zero-order chi connectivity index (χ0) is 15.2. The van der Waals surface area contributed by atoms with Gasteiger partial charge in [-0.05, 0) is 43.1 Å². The topological polar surface area (TPSA) is 67.4 Å². The Morgan fingerprint density at radius 2 is 2.24 bits per heavy atom. The fraction of sp³-hybridized carbons (Fsp3) is 0.467. The molecule has 1 aliphatic heterocycles. The van der Waals surface area contributed by atoms with Crippen LogP contribution in [-0.4, -0.2) is 32.0 Å². The van der Waals surface area contributed by atoms with Gasteiger partial charge in [0.1, 0.15) is 5.75 Å². The molecule has 0 spiro atoms. The third-order valence-corrected chi connectivity index (χ3v) is 4.05. The maximum atomic E-state index is 11.6. The van der Waals surface area contributed by atoms with Crippen molar-refractivity contribution in [3.8, 4) is 5.75 Å². The van der Waals surface area contributed by atoms with Gasteiger partial charge in [-0.15, -0.1) is 0 Å². The second-order valence-electron chi connectivity index (χ2n) is 5.06. The molecule has 1 fully saturated rings. The number of carbonyl (C=O) groups is 2. The van der Waals surface area contributed by atoms with Gasteiger partial charge in [-0.3, -0.25) is 14.9 Å². The summed E-state index contributed by atoms with van der Waals surface area (Å²) in [5, 5.41) is 5.65. The van der Waals surface area contributed by atoms with Crippen LogP contribution in [0.4, 0.5) is 0 Å². The number of rotatable bonds is 6. The monoisotopic (exact) mass is 354 g/mol. The van der Waals surface area contributed by atoms with Crippen LogP contribution in [0, 0.1) is 5.92 Å². The molecule has 114 valence electrons. The van der Waals surface area contributed by atoms with Gasteiger partial charge in [-0.2, -0.15) is 0 Å². The average molecular weight is 355 g/mol. The van der Waals surface area contributed by atoms with Crippen LogP contribution in [0.1, 0.15) is 18.4 Å². The minimum absolute atomic E-state index is 0.118. The highest BCUT2D eigenvalue weighted by Gasteiger charge is 2.25. The van der Waals surface area contributed by atoms with Crippen molar-refractivity contribution in [2.75, 3.05) is 20.2 Å². The molecular weight excluding hydrogens is 336 g/mol. The van der Waals surface area contributed by atoms with Gasteiger partial charge in [0.25, 0.3) is 0 Å². The van der Waals surface area contributed by atoms with E-state index in [0.717, 1.165) is 28.8 Å². The summed E-state index contributed by atoms with van der Waals surface area (Å²) in [5.74, 6) is 0.405. The first kappa shape index (κ1) is 16.0. The first-order valence-electron chi connectivity index (χ1n) is 6.97. The number of imide groups is 1. The molecule has 6 heteroatoms. The number of amides is 2. The molecule has 0 radical (unpaired) electrons. The molecule has 1 aliphatic rings. The highest BCUT2D eigenvalue weighted by Crippen LogP contribution is 2.23. The van der Waals surface area contributed by atoms with E-state index in [0.29, 0.717) is 19.4 Å². The molecule has 1 atom stereocenters. The number of hydrogen-bond acceptors (Lipinski definition) is 4. The van der Waals surface area contributed by atoms with E-state index in [1.54, 1.807) is 7.11 Å². The minimum Gasteiger partial charge on any atom is -0.496 e. The van der Waals surface area contributed by atoms with E-state index in [4.69, 9.17) is 4.74 Å². The summed E-state index contributed by atoms with van der Waals surface area (Å²) < 4.78 is 6.34. The molecule has 2 amide bonds. The summed E-state index contributed by atoms with van der Waals surface area (Å²) in [5.41, 5.74) is 1.11. The van der Waals surface area contributed by atoms with Crippen molar-refractivity contribution < 1.29 is 14.3 Å². The van der Waals surface area contributed by atoms with Crippen molar-refractivity contribution >= 4 is 27.7 Å². The van der Waals surface area contributed by atoms with Crippen LogP contribution in [0.3, 0.4) is 0 Å². The highest BCUT2D eigenvalue weighted by atomic mass is 79.9. The Morgan fingerprint density at radius 1 is 1.43 bits per heavy atom. The van der Waals surface area contributed by atoms with Crippen molar-refractivity contribution in [3.05, 3.63) is 28.2 Å². The molecule has 0 aromatic heterocycles. The van der Waals surface area contributed by atoms with Gasteiger partial charge in [0.15, 0.2) is 0 Å². The smallest absolute Gasteiger partial charge is 0.230 e. The largest absolute Gasteiger partial charge is 0.496 e. The second kappa shape index (κ2) is 7.56. The SMILES string of the molecule is COc1ccc(Br)cc1CCNCC1CCC(=O)NC1=O. The summed E-state index contributed by atoms with van der Waals surface area (Å²) in [6, 6.07) is 5.91. The van der Waals surface area contributed by atoms with E-state index < -0.39 is 0 Å². The first-order valence-corrected chi connectivity index (χ1v) is 7.76. The van der Waals surface area contributed by atoms with E-state index in [-0.39, 0.29) is 17.7 Å². The van der Waals surface area contributed by atoms with Gasteiger partial charge in [-0.1, -0.05) is 15.9 Å². The van der Waals surface area contributed by atoms with Crippen molar-refractivity contribution in [3.63, 3.8) is 0 Å². The highest BCUT2D eigenvalue weighted by molar-refractivity contribution is 9.10. The Morgan fingerprint density at radius 3 is 2.95 bits per heavy atom. The van der Waals surface area contributed by atoms with Crippen LogP contribution in [0.2, 0.25) is 0 Å². The van der Waals surface area contributed by atoms with E-state index in [2.05, 4.69) is 26.6 Å². The lowest BCUT2D eigenvalue weighted by Gasteiger charge is -2.21. The number of hydrogen-bond donors (Lipinski definition) is 2. The van der Waals surface area contributed by atoms with Gasteiger partial charge in [0.2, 0.25) is 11.8 Å². The molecule has 1 aromatic carbocycles. The zero-order valence-corrected chi connectivity index (χ0v) is 13.5. The molecule has 0 saturated carbocycles. The summed E-state index contributed by atoms with van der Waals surface area (Å²) in [7, 11) is 1.66. The van der Waals surface area contributed by atoms with Gasteiger partial charge >= 0.3 is 0 Å². The molecule has 1 heterocycles. The standard InChI is InChI=1S/C15H19BrN2O3/c1-21-13-4-3-12(16)8-10(13)6-7-17-9-11-2-5-14(19)18-15(11)20/h3-4,8,11,17H,2,5-7,9H2,1H3,(H,18,19,20). The Balaban J connectivity index is 1.78. The van der Waals surface area contributed by atoms with Crippen LogP contribution >= 0.6 is 15.9 Å². The molecule has 2 N–H and O–H groups in total. The molecule has 0 bridgehead atoms. The van der Waals surface area contributed by atoms with Crippen LogP contribution in [0.25, 0.3) is 0 Å². The summed E-state index contributed by atoms with van der Waals surface area (Å²) in [4.78, 5) is 22.7. The van der Waals surface area contributed by atoms with Gasteiger partial charge in [0.05, 0.1) is 13.0 Å². The van der Waals surface area contributed by atoms with Crippen LogP contribution in [0.15, 0.2) is 22.7 Å². The van der Waals surface area contributed by atoms with Gasteiger partial charge in [0, 0.05) is 17.4 Å². The molecular formula is C15H19BrN2O3. The van der Waals surface area contributed by atoms with Crippen LogP contribution in [0.5, 0.6) is 5.75 Å². The minimum atomic E-state index is -0.171. The second-order valence-corrected chi connectivity index (χ2v) is 5.97. The van der Waals surface area contributed by atoms with Crippen molar-refractivity contribution in [2.24, 2.45) is 5.92 Å². The number of benzene rings is 1. The Bertz CT molecular complexity index is 534. The lowest BCUT2D eigenvalue weighted by atomic mass is 9.98. The van der Waals surface area contributed by atoms with E-state index in [9.17, 15) is 9.59 Å². The summed E-state index contributed by atoms with van der Waals surface area (Å²) in [6.45, 7) is 1.35. The third-order valence-electron chi connectivity index (χ3n) is 3.56. The number of halogens is 1. The van der Waals surface area contributed by atoms with Crippen molar-refractivity contribution in [2.45, 2.75) is 19.3 Å². The van der Waals surface area contributed by atoms with Gasteiger partial charge < -0.3 is 10.1 Å². The van der Waals surface area contributed by atoms with E-state index in [1.807, 2.05) is 18.2 Å². The fourth-order valence-electron chi connectivity index (χ4n) is 2.38. The summed E-state index contributed by atoms with van der Waals surface area (Å²) >= 11 is 3.45. The number of nitrogens with one attached hydrogen (secondary N) is 2. The van der Waals surface area contributed by atoms with Crippen LogP contribution < -0.4 is 15.4 Å². The van der Waals surface area contributed by atoms with Gasteiger partial charge in [-0.25, -0.2) is 0 Å². The molecule has 2 rings (SSSR count). The lowest BCUT2D eigenvalue weighted by molar-refractivity contribution is -0.136. The first-order chi connectivity index (χ1) is 10.1.